The highest BCUT2D eigenvalue weighted by Gasteiger charge is 2.20. The van der Waals surface area contributed by atoms with Crippen LogP contribution in [0.25, 0.3) is 0 Å². The van der Waals surface area contributed by atoms with Crippen LogP contribution < -0.4 is 16.0 Å². The van der Waals surface area contributed by atoms with Crippen molar-refractivity contribution in [2.75, 3.05) is 25.0 Å². The van der Waals surface area contributed by atoms with Gasteiger partial charge in [-0.2, -0.15) is 0 Å². The summed E-state index contributed by atoms with van der Waals surface area (Å²) in [6.45, 7) is 2.46. The first-order valence-electron chi connectivity index (χ1n) is 11.7. The van der Waals surface area contributed by atoms with Crippen LogP contribution >= 0.6 is 11.6 Å². The fourth-order valence-electron chi connectivity index (χ4n) is 3.62. The van der Waals surface area contributed by atoms with Gasteiger partial charge in [0.1, 0.15) is 5.84 Å². The number of rotatable bonds is 9. The first-order valence-corrected chi connectivity index (χ1v) is 12.1. The number of benzene rings is 1. The second-order valence-corrected chi connectivity index (χ2v) is 8.46. The second kappa shape index (κ2) is 13.4. The first kappa shape index (κ1) is 26.2. The lowest BCUT2D eigenvalue weighted by molar-refractivity contribution is -0.143. The molecule has 3 N–H and O–H groups in total. The lowest BCUT2D eigenvalue weighted by Gasteiger charge is -2.18. The van der Waals surface area contributed by atoms with Gasteiger partial charge in [-0.25, -0.2) is 0 Å². The van der Waals surface area contributed by atoms with Crippen LogP contribution in [0.15, 0.2) is 47.7 Å². The van der Waals surface area contributed by atoms with E-state index in [9.17, 15) is 14.4 Å². The lowest BCUT2D eigenvalue weighted by atomic mass is 10.1. The first-order chi connectivity index (χ1) is 17.0. The third-order valence-corrected chi connectivity index (χ3v) is 5.72. The standard InChI is InChI=1S/C25H30ClN5O4/c1-2-35-24(33)14-20(18-7-6-11-27-15-18)31-23(32)16-29-25(34)17-9-10-19(26)21(13-17)30-22-8-4-3-5-12-28-22/h6-7,9-11,13,15,20H,2-5,8,12,14,16H2,1H3,(H,28,30)(H,29,34)(H,31,32). The number of amidine groups is 1. The van der Waals surface area contributed by atoms with E-state index in [-0.39, 0.29) is 19.6 Å². The smallest absolute Gasteiger partial charge is 0.308 e. The van der Waals surface area contributed by atoms with E-state index < -0.39 is 23.8 Å². The molecule has 0 saturated carbocycles. The number of nitrogens with one attached hydrogen (secondary N) is 3. The quantitative estimate of drug-likeness (QED) is 0.453. The van der Waals surface area contributed by atoms with Gasteiger partial charge in [0.25, 0.3) is 5.91 Å². The molecule has 2 amide bonds. The Hall–Kier alpha value is -3.46. The van der Waals surface area contributed by atoms with E-state index in [1.165, 1.54) is 0 Å². The van der Waals surface area contributed by atoms with Crippen molar-refractivity contribution in [2.24, 2.45) is 4.99 Å². The van der Waals surface area contributed by atoms with Gasteiger partial charge < -0.3 is 20.7 Å². The maximum atomic E-state index is 12.7. The number of nitrogens with zero attached hydrogens (tertiary/aromatic N) is 2. The van der Waals surface area contributed by atoms with E-state index in [4.69, 9.17) is 16.3 Å². The van der Waals surface area contributed by atoms with Crippen molar-refractivity contribution in [1.82, 2.24) is 15.6 Å². The van der Waals surface area contributed by atoms with Crippen molar-refractivity contribution in [3.8, 4) is 0 Å². The fourth-order valence-corrected chi connectivity index (χ4v) is 3.79. The number of ether oxygens (including phenoxy) is 1. The molecule has 1 unspecified atom stereocenters. The lowest BCUT2D eigenvalue weighted by Crippen LogP contribution is -2.39. The van der Waals surface area contributed by atoms with Crippen LogP contribution in [0.4, 0.5) is 5.69 Å². The molecule has 1 aromatic heterocycles. The number of aromatic nitrogens is 1. The summed E-state index contributed by atoms with van der Waals surface area (Å²) in [5.41, 5.74) is 1.61. The molecule has 1 atom stereocenters. The molecule has 0 aliphatic carbocycles. The van der Waals surface area contributed by atoms with Crippen LogP contribution in [-0.4, -0.2) is 48.3 Å². The van der Waals surface area contributed by atoms with Gasteiger partial charge in [0, 0.05) is 30.9 Å². The number of carbonyl (C=O) groups is 3. The Morgan fingerprint density at radius 1 is 1.17 bits per heavy atom. The molecule has 0 radical (unpaired) electrons. The van der Waals surface area contributed by atoms with Gasteiger partial charge in [-0.05, 0) is 49.6 Å². The fraction of sp³-hybridized carbons (Fsp3) is 0.400. The zero-order valence-electron chi connectivity index (χ0n) is 19.7. The molecule has 35 heavy (non-hydrogen) atoms. The molecule has 0 spiro atoms. The Kier molecular flexibility index (Phi) is 10.0. The maximum Gasteiger partial charge on any atom is 0.308 e. The molecule has 0 fully saturated rings. The SMILES string of the molecule is CCOC(=O)CC(NC(=O)CNC(=O)c1ccc(Cl)c(NC2=NCCCCC2)c1)c1cccnc1. The summed E-state index contributed by atoms with van der Waals surface area (Å²) >= 11 is 6.31. The maximum absolute atomic E-state index is 12.7. The Bertz CT molecular complexity index is 1060. The Labute approximate surface area is 209 Å². The number of aliphatic imine (C=N–C) groups is 1. The van der Waals surface area contributed by atoms with Crippen molar-refractivity contribution in [3.63, 3.8) is 0 Å². The molecule has 1 aliphatic heterocycles. The van der Waals surface area contributed by atoms with Crippen LogP contribution in [0.2, 0.25) is 5.02 Å². The predicted octanol–water partition coefficient (Wildman–Crippen LogP) is 3.66. The Morgan fingerprint density at radius 2 is 2.03 bits per heavy atom. The average molecular weight is 500 g/mol. The monoisotopic (exact) mass is 499 g/mol. The van der Waals surface area contributed by atoms with Gasteiger partial charge in [-0.1, -0.05) is 24.1 Å². The highest BCUT2D eigenvalue weighted by Crippen LogP contribution is 2.24. The number of amides is 2. The molecule has 1 aliphatic rings. The molecule has 10 heteroatoms. The van der Waals surface area contributed by atoms with E-state index in [0.29, 0.717) is 21.8 Å². The molecular weight excluding hydrogens is 470 g/mol. The van der Waals surface area contributed by atoms with Crippen molar-refractivity contribution >= 4 is 40.9 Å². The Morgan fingerprint density at radius 3 is 2.80 bits per heavy atom. The van der Waals surface area contributed by atoms with Crippen LogP contribution in [0.1, 0.15) is 61.0 Å². The van der Waals surface area contributed by atoms with Crippen molar-refractivity contribution in [2.45, 2.75) is 45.1 Å². The normalized spacial score (nSPS) is 14.2. The Balaban J connectivity index is 1.60. The number of anilines is 1. The van der Waals surface area contributed by atoms with Crippen LogP contribution in [-0.2, 0) is 14.3 Å². The molecule has 1 aromatic carbocycles. The number of hydrogen-bond donors (Lipinski definition) is 3. The number of pyridine rings is 1. The summed E-state index contributed by atoms with van der Waals surface area (Å²) in [5, 5.41) is 9.08. The van der Waals surface area contributed by atoms with E-state index in [1.54, 1.807) is 49.6 Å². The minimum atomic E-state index is -0.626. The van der Waals surface area contributed by atoms with Gasteiger partial charge in [-0.3, -0.25) is 24.4 Å². The van der Waals surface area contributed by atoms with E-state index in [0.717, 1.165) is 38.1 Å². The molecular formula is C25H30ClN5O4. The predicted molar refractivity (Wildman–Crippen MR) is 135 cm³/mol. The molecule has 0 bridgehead atoms. The number of carbonyl (C=O) groups excluding carboxylic acids is 3. The molecule has 2 heterocycles. The van der Waals surface area contributed by atoms with Crippen molar-refractivity contribution in [3.05, 3.63) is 58.9 Å². The van der Waals surface area contributed by atoms with Gasteiger partial charge >= 0.3 is 5.97 Å². The molecule has 3 rings (SSSR count). The van der Waals surface area contributed by atoms with Crippen molar-refractivity contribution < 1.29 is 19.1 Å². The summed E-state index contributed by atoms with van der Waals surface area (Å²) in [6, 6.07) is 7.72. The minimum Gasteiger partial charge on any atom is -0.466 e. The number of hydrogen-bond acceptors (Lipinski definition) is 7. The zero-order valence-corrected chi connectivity index (χ0v) is 20.4. The third kappa shape index (κ3) is 8.36. The zero-order chi connectivity index (χ0) is 25.0. The second-order valence-electron chi connectivity index (χ2n) is 8.06. The topological polar surface area (TPSA) is 122 Å². The summed E-state index contributed by atoms with van der Waals surface area (Å²) < 4.78 is 5.01. The van der Waals surface area contributed by atoms with Crippen LogP contribution in [0, 0.1) is 0 Å². The summed E-state index contributed by atoms with van der Waals surface area (Å²) in [6.07, 6.45) is 7.20. The van der Waals surface area contributed by atoms with E-state index in [2.05, 4.69) is 25.9 Å². The highest BCUT2D eigenvalue weighted by molar-refractivity contribution is 6.34. The van der Waals surface area contributed by atoms with Gasteiger partial charge in [0.15, 0.2) is 0 Å². The van der Waals surface area contributed by atoms with Crippen molar-refractivity contribution in [1.29, 1.82) is 0 Å². The largest absolute Gasteiger partial charge is 0.466 e. The van der Waals surface area contributed by atoms with Crippen LogP contribution in [0.3, 0.4) is 0 Å². The molecule has 2 aromatic rings. The van der Waals surface area contributed by atoms with Crippen LogP contribution in [0.5, 0.6) is 0 Å². The molecule has 186 valence electrons. The summed E-state index contributed by atoms with van der Waals surface area (Å²) in [5.74, 6) is -0.461. The molecule has 9 nitrogen and oxygen atoms in total. The van der Waals surface area contributed by atoms with Gasteiger partial charge in [0.05, 0.1) is 36.3 Å². The van der Waals surface area contributed by atoms with Gasteiger partial charge in [-0.15, -0.1) is 0 Å². The summed E-state index contributed by atoms with van der Waals surface area (Å²) in [7, 11) is 0. The minimum absolute atomic E-state index is 0.0463. The summed E-state index contributed by atoms with van der Waals surface area (Å²) in [4.78, 5) is 45.8. The number of halogens is 1. The van der Waals surface area contributed by atoms with E-state index in [1.807, 2.05) is 0 Å². The van der Waals surface area contributed by atoms with E-state index >= 15 is 0 Å². The average Bonchev–Trinajstić information content (AvgIpc) is 3.13. The highest BCUT2D eigenvalue weighted by atomic mass is 35.5. The van der Waals surface area contributed by atoms with Gasteiger partial charge in [0.2, 0.25) is 5.91 Å². The molecule has 0 saturated heterocycles. The number of esters is 1. The third-order valence-electron chi connectivity index (χ3n) is 5.39.